The lowest BCUT2D eigenvalue weighted by atomic mass is 10.1. The molecule has 1 N–H and O–H groups in total. The van der Waals surface area contributed by atoms with Gasteiger partial charge in [-0.05, 0) is 25.3 Å². The van der Waals surface area contributed by atoms with Crippen molar-refractivity contribution in [2.24, 2.45) is 5.92 Å². The Kier molecular flexibility index (Phi) is 3.72. The Hall–Kier alpha value is -0.900. The van der Waals surface area contributed by atoms with Crippen molar-refractivity contribution in [2.45, 2.75) is 45.7 Å². The SMILES string of the molecule is CCNCc1ncnn1CC1CCCC1. The minimum Gasteiger partial charge on any atom is -0.310 e. The maximum absolute atomic E-state index is 4.30. The summed E-state index contributed by atoms with van der Waals surface area (Å²) in [6, 6.07) is 0. The van der Waals surface area contributed by atoms with Gasteiger partial charge in [-0.15, -0.1) is 0 Å². The largest absolute Gasteiger partial charge is 0.310 e. The third kappa shape index (κ3) is 2.78. The summed E-state index contributed by atoms with van der Waals surface area (Å²) >= 11 is 0. The maximum Gasteiger partial charge on any atom is 0.140 e. The second-order valence-electron chi connectivity index (χ2n) is 4.29. The molecule has 0 bridgehead atoms. The van der Waals surface area contributed by atoms with E-state index in [9.17, 15) is 0 Å². The highest BCUT2D eigenvalue weighted by Crippen LogP contribution is 2.25. The first-order chi connectivity index (χ1) is 7.40. The molecule has 84 valence electrons. The molecule has 0 aromatic carbocycles. The molecule has 1 aliphatic rings. The Morgan fingerprint density at radius 3 is 3.00 bits per heavy atom. The minimum absolute atomic E-state index is 0.826. The van der Waals surface area contributed by atoms with Crippen LogP contribution in [0.4, 0.5) is 0 Å². The van der Waals surface area contributed by atoms with Gasteiger partial charge in [0.1, 0.15) is 12.2 Å². The molecular weight excluding hydrogens is 188 g/mol. The van der Waals surface area contributed by atoms with Gasteiger partial charge < -0.3 is 5.32 Å². The predicted octanol–water partition coefficient (Wildman–Crippen LogP) is 1.58. The highest BCUT2D eigenvalue weighted by atomic mass is 15.3. The van der Waals surface area contributed by atoms with Crippen molar-refractivity contribution in [2.75, 3.05) is 6.54 Å². The van der Waals surface area contributed by atoms with E-state index in [1.165, 1.54) is 25.7 Å². The lowest BCUT2D eigenvalue weighted by Crippen LogP contribution is -2.19. The standard InChI is InChI=1S/C11H20N4/c1-2-12-7-11-13-9-14-15(11)8-10-5-3-4-6-10/h9-10,12H,2-8H2,1H3. The van der Waals surface area contributed by atoms with Gasteiger partial charge >= 0.3 is 0 Å². The molecule has 0 amide bonds. The van der Waals surface area contributed by atoms with E-state index >= 15 is 0 Å². The Bertz CT molecular complexity index is 289. The molecule has 1 aromatic heterocycles. The van der Waals surface area contributed by atoms with Gasteiger partial charge in [0.2, 0.25) is 0 Å². The van der Waals surface area contributed by atoms with E-state index in [1.54, 1.807) is 6.33 Å². The molecule has 15 heavy (non-hydrogen) atoms. The van der Waals surface area contributed by atoms with Crippen LogP contribution in [0.5, 0.6) is 0 Å². The van der Waals surface area contributed by atoms with Gasteiger partial charge in [-0.25, -0.2) is 9.67 Å². The Balaban J connectivity index is 1.91. The highest BCUT2D eigenvalue weighted by Gasteiger charge is 2.17. The molecule has 1 saturated carbocycles. The Labute approximate surface area is 91.1 Å². The van der Waals surface area contributed by atoms with Crippen molar-refractivity contribution in [3.63, 3.8) is 0 Å². The fourth-order valence-corrected chi connectivity index (χ4v) is 2.25. The average Bonchev–Trinajstić information content (AvgIpc) is 2.87. The maximum atomic E-state index is 4.30. The lowest BCUT2D eigenvalue weighted by molar-refractivity contribution is 0.413. The molecule has 1 fully saturated rings. The van der Waals surface area contributed by atoms with E-state index in [0.29, 0.717) is 0 Å². The van der Waals surface area contributed by atoms with Gasteiger partial charge in [-0.3, -0.25) is 0 Å². The lowest BCUT2D eigenvalue weighted by Gasteiger charge is -2.11. The fourth-order valence-electron chi connectivity index (χ4n) is 2.25. The van der Waals surface area contributed by atoms with Crippen LogP contribution in [-0.2, 0) is 13.1 Å². The van der Waals surface area contributed by atoms with Crippen LogP contribution in [0.2, 0.25) is 0 Å². The minimum atomic E-state index is 0.826. The van der Waals surface area contributed by atoms with Gasteiger partial charge in [0.15, 0.2) is 0 Å². The molecule has 1 aliphatic carbocycles. The summed E-state index contributed by atoms with van der Waals surface area (Å²) in [4.78, 5) is 4.29. The smallest absolute Gasteiger partial charge is 0.140 e. The number of rotatable bonds is 5. The van der Waals surface area contributed by atoms with Crippen molar-refractivity contribution < 1.29 is 0 Å². The summed E-state index contributed by atoms with van der Waals surface area (Å²) in [6.45, 7) is 4.98. The van der Waals surface area contributed by atoms with Crippen LogP contribution in [0.1, 0.15) is 38.4 Å². The number of hydrogen-bond donors (Lipinski definition) is 1. The Morgan fingerprint density at radius 1 is 1.47 bits per heavy atom. The first-order valence-electron chi connectivity index (χ1n) is 5.97. The van der Waals surface area contributed by atoms with Gasteiger partial charge in [-0.2, -0.15) is 5.10 Å². The summed E-state index contributed by atoms with van der Waals surface area (Å²) in [5.74, 6) is 1.90. The monoisotopic (exact) mass is 208 g/mol. The van der Waals surface area contributed by atoms with Gasteiger partial charge in [-0.1, -0.05) is 19.8 Å². The van der Waals surface area contributed by atoms with E-state index in [0.717, 1.165) is 31.4 Å². The number of hydrogen-bond acceptors (Lipinski definition) is 3. The van der Waals surface area contributed by atoms with Crippen LogP contribution in [0, 0.1) is 5.92 Å². The molecule has 0 atom stereocenters. The second kappa shape index (κ2) is 5.26. The van der Waals surface area contributed by atoms with Gasteiger partial charge in [0, 0.05) is 6.54 Å². The average molecular weight is 208 g/mol. The van der Waals surface area contributed by atoms with Crippen LogP contribution in [0.15, 0.2) is 6.33 Å². The van der Waals surface area contributed by atoms with E-state index in [1.807, 2.05) is 0 Å². The summed E-state index contributed by atoms with van der Waals surface area (Å²) < 4.78 is 2.07. The van der Waals surface area contributed by atoms with Crippen molar-refractivity contribution in [1.29, 1.82) is 0 Å². The molecule has 4 nitrogen and oxygen atoms in total. The second-order valence-corrected chi connectivity index (χ2v) is 4.29. The zero-order valence-corrected chi connectivity index (χ0v) is 9.45. The van der Waals surface area contributed by atoms with Crippen LogP contribution >= 0.6 is 0 Å². The van der Waals surface area contributed by atoms with E-state index in [-0.39, 0.29) is 0 Å². The third-order valence-corrected chi connectivity index (χ3v) is 3.13. The van der Waals surface area contributed by atoms with Crippen LogP contribution in [0.3, 0.4) is 0 Å². The first-order valence-corrected chi connectivity index (χ1v) is 5.97. The molecule has 4 heteroatoms. The van der Waals surface area contributed by atoms with Crippen molar-refractivity contribution in [3.05, 3.63) is 12.2 Å². The Morgan fingerprint density at radius 2 is 2.27 bits per heavy atom. The fraction of sp³-hybridized carbons (Fsp3) is 0.818. The van der Waals surface area contributed by atoms with Gasteiger partial charge in [0.05, 0.1) is 6.54 Å². The summed E-state index contributed by atoms with van der Waals surface area (Å²) in [7, 11) is 0. The molecule has 2 rings (SSSR count). The molecule has 1 aromatic rings. The molecule has 1 heterocycles. The number of nitrogens with zero attached hydrogens (tertiary/aromatic N) is 3. The first kappa shape index (κ1) is 10.6. The molecule has 0 aliphatic heterocycles. The predicted molar refractivity (Wildman–Crippen MR) is 59.4 cm³/mol. The zero-order valence-electron chi connectivity index (χ0n) is 9.45. The van der Waals surface area contributed by atoms with Crippen molar-refractivity contribution >= 4 is 0 Å². The molecule has 0 saturated heterocycles. The van der Waals surface area contributed by atoms with Gasteiger partial charge in [0.25, 0.3) is 0 Å². The third-order valence-electron chi connectivity index (χ3n) is 3.13. The topological polar surface area (TPSA) is 42.7 Å². The van der Waals surface area contributed by atoms with Crippen LogP contribution < -0.4 is 5.32 Å². The normalized spacial score (nSPS) is 17.4. The molecule has 0 radical (unpaired) electrons. The number of nitrogens with one attached hydrogen (secondary N) is 1. The summed E-state index contributed by atoms with van der Waals surface area (Å²) in [6.07, 6.45) is 7.17. The van der Waals surface area contributed by atoms with Crippen LogP contribution in [0.25, 0.3) is 0 Å². The zero-order chi connectivity index (χ0) is 10.5. The van der Waals surface area contributed by atoms with Crippen molar-refractivity contribution in [1.82, 2.24) is 20.1 Å². The van der Waals surface area contributed by atoms with E-state index in [2.05, 4.69) is 27.0 Å². The quantitative estimate of drug-likeness (QED) is 0.799. The summed E-state index contributed by atoms with van der Waals surface area (Å²) in [5, 5.41) is 7.59. The van der Waals surface area contributed by atoms with E-state index in [4.69, 9.17) is 0 Å². The highest BCUT2D eigenvalue weighted by molar-refractivity contribution is 4.84. The molecular formula is C11H20N4. The van der Waals surface area contributed by atoms with Crippen molar-refractivity contribution in [3.8, 4) is 0 Å². The molecule has 0 spiro atoms. The molecule has 0 unspecified atom stereocenters. The van der Waals surface area contributed by atoms with E-state index < -0.39 is 0 Å². The van der Waals surface area contributed by atoms with Crippen LogP contribution in [-0.4, -0.2) is 21.3 Å². The summed E-state index contributed by atoms with van der Waals surface area (Å²) in [5.41, 5.74) is 0. The number of aromatic nitrogens is 3.